The Morgan fingerprint density at radius 2 is 1.45 bits per heavy atom. The minimum atomic E-state index is -1.57. The smallest absolute Gasteiger partial charge is 0.267 e. The van der Waals surface area contributed by atoms with Gasteiger partial charge in [0.25, 0.3) is 3.93 Å². The molecule has 0 fully saturated rings. The Morgan fingerprint density at radius 1 is 0.759 bits per heavy atom. The molecule has 0 saturated heterocycles. The van der Waals surface area contributed by atoms with Crippen molar-refractivity contribution >= 4 is 49.8 Å². The van der Waals surface area contributed by atoms with Gasteiger partial charge in [0.2, 0.25) is 0 Å². The second-order valence-corrected chi connectivity index (χ2v) is 31.1. The summed E-state index contributed by atoms with van der Waals surface area (Å²) in [7, 11) is 0. The minimum absolute atomic E-state index is 0.741. The van der Waals surface area contributed by atoms with Crippen LogP contribution in [0.15, 0.2) is 48.5 Å². The maximum absolute atomic E-state index is 6.39. The van der Waals surface area contributed by atoms with Crippen molar-refractivity contribution in [3.8, 4) is 16.9 Å². The van der Waals surface area contributed by atoms with Crippen molar-refractivity contribution < 1.29 is 4.74 Å². The standard InChI is InChI=1S/C24H33Br3OSi/c1-2-3-4-5-6-7-9-16-22-17-12-18-23(21-14-10-8-11-15-21)24(22)28-19-13-20-29(25,26)27/h8,10-12,14-15,17-18H,2-7,9,13,16,19-20H2,1H3. The van der Waals surface area contributed by atoms with E-state index in [9.17, 15) is 0 Å². The van der Waals surface area contributed by atoms with Crippen LogP contribution in [0, 0.1) is 0 Å². The molecular weight excluding hydrogens is 572 g/mol. The van der Waals surface area contributed by atoms with Crippen LogP contribution in [0.2, 0.25) is 6.04 Å². The van der Waals surface area contributed by atoms with Gasteiger partial charge in [-0.15, -0.1) is 0 Å². The van der Waals surface area contributed by atoms with Crippen molar-refractivity contribution in [1.82, 2.24) is 0 Å². The van der Waals surface area contributed by atoms with Gasteiger partial charge in [-0.2, -0.15) is 0 Å². The van der Waals surface area contributed by atoms with E-state index in [2.05, 4.69) is 101 Å². The number of hydrogen-bond donors (Lipinski definition) is 0. The van der Waals surface area contributed by atoms with Crippen molar-refractivity contribution in [3.63, 3.8) is 0 Å². The second kappa shape index (κ2) is 14.1. The van der Waals surface area contributed by atoms with Crippen LogP contribution in [-0.2, 0) is 6.42 Å². The zero-order valence-corrected chi connectivity index (χ0v) is 23.2. The molecule has 0 unspecified atom stereocenters. The Kier molecular flexibility index (Phi) is 12.2. The molecule has 0 heterocycles. The van der Waals surface area contributed by atoms with Gasteiger partial charge in [-0.3, -0.25) is 0 Å². The van der Waals surface area contributed by atoms with Crippen LogP contribution in [0.3, 0.4) is 0 Å². The number of unbranched alkanes of at least 4 members (excludes halogenated alkanes) is 6. The Hall–Kier alpha value is -0.103. The van der Waals surface area contributed by atoms with E-state index >= 15 is 0 Å². The summed E-state index contributed by atoms with van der Waals surface area (Å²) in [5.74, 6) is 1.08. The summed E-state index contributed by atoms with van der Waals surface area (Å²) in [5, 5.41) is 0. The lowest BCUT2D eigenvalue weighted by molar-refractivity contribution is 0.315. The Labute approximate surface area is 201 Å². The van der Waals surface area contributed by atoms with Crippen molar-refractivity contribution in [1.29, 1.82) is 0 Å². The molecular formula is C24H33Br3OSi. The number of hydrogen-bond acceptors (Lipinski definition) is 1. The van der Waals surface area contributed by atoms with Gasteiger partial charge in [-0.05, 0) is 36.4 Å². The SMILES string of the molecule is CCCCCCCCCc1cccc(-c2ccccc2)c1OCCC[Si](Br)(Br)Br. The molecule has 0 radical (unpaired) electrons. The predicted molar refractivity (Wildman–Crippen MR) is 141 cm³/mol. The molecule has 0 aromatic heterocycles. The Balaban J connectivity index is 2.02. The fourth-order valence-electron chi connectivity index (χ4n) is 3.52. The molecule has 0 N–H and O–H groups in total. The molecule has 2 aromatic rings. The van der Waals surface area contributed by atoms with E-state index in [1.165, 1.54) is 61.6 Å². The summed E-state index contributed by atoms with van der Waals surface area (Å²) in [6.07, 6.45) is 11.5. The maximum atomic E-state index is 6.39. The van der Waals surface area contributed by atoms with Crippen molar-refractivity contribution in [2.75, 3.05) is 6.61 Å². The first-order chi connectivity index (χ1) is 14.0. The number of halogens is 3. The summed E-state index contributed by atoms with van der Waals surface area (Å²) in [6, 6.07) is 18.3. The summed E-state index contributed by atoms with van der Waals surface area (Å²) < 4.78 is 4.82. The van der Waals surface area contributed by atoms with Gasteiger partial charge < -0.3 is 4.74 Å². The van der Waals surface area contributed by atoms with Gasteiger partial charge >= 0.3 is 0 Å². The highest BCUT2D eigenvalue weighted by atomic mass is 80.0. The quantitative estimate of drug-likeness (QED) is 0.118. The average molecular weight is 605 g/mol. The Morgan fingerprint density at radius 3 is 2.14 bits per heavy atom. The van der Waals surface area contributed by atoms with Gasteiger partial charge in [-0.1, -0.05) is 140 Å². The van der Waals surface area contributed by atoms with E-state index in [0.29, 0.717) is 0 Å². The molecule has 5 heteroatoms. The molecule has 0 aliphatic carbocycles. The van der Waals surface area contributed by atoms with Crippen molar-refractivity contribution in [3.05, 3.63) is 54.1 Å². The van der Waals surface area contributed by atoms with Crippen molar-refractivity contribution in [2.24, 2.45) is 0 Å². The third-order valence-electron chi connectivity index (χ3n) is 5.08. The third-order valence-corrected chi connectivity index (χ3v) is 9.57. The van der Waals surface area contributed by atoms with E-state index in [0.717, 1.165) is 31.2 Å². The Bertz CT molecular complexity index is 701. The number of benzene rings is 2. The molecule has 2 rings (SSSR count). The van der Waals surface area contributed by atoms with E-state index in [1.54, 1.807) is 0 Å². The first-order valence-corrected chi connectivity index (χ1v) is 19.9. The number of ether oxygens (including phenoxy) is 1. The van der Waals surface area contributed by atoms with Crippen LogP contribution in [-0.4, -0.2) is 10.5 Å². The zero-order valence-electron chi connectivity index (χ0n) is 17.4. The predicted octanol–water partition coefficient (Wildman–Crippen LogP) is 9.54. The zero-order chi connectivity index (χ0) is 21.0. The lowest BCUT2D eigenvalue weighted by Crippen LogP contribution is -2.09. The topological polar surface area (TPSA) is 9.23 Å². The molecule has 0 aliphatic rings. The van der Waals surface area contributed by atoms with Crippen LogP contribution < -0.4 is 4.74 Å². The fourth-order valence-corrected chi connectivity index (χ4v) is 6.59. The maximum Gasteiger partial charge on any atom is 0.267 e. The van der Waals surface area contributed by atoms with Crippen LogP contribution in [0.25, 0.3) is 11.1 Å². The lowest BCUT2D eigenvalue weighted by Gasteiger charge is -2.17. The first-order valence-electron chi connectivity index (χ1n) is 10.9. The highest BCUT2D eigenvalue weighted by Crippen LogP contribution is 2.36. The molecule has 0 amide bonds. The van der Waals surface area contributed by atoms with Crippen LogP contribution >= 0.6 is 45.9 Å². The van der Waals surface area contributed by atoms with E-state index in [1.807, 2.05) is 0 Å². The molecule has 2 aromatic carbocycles. The van der Waals surface area contributed by atoms with Crippen LogP contribution in [0.1, 0.15) is 63.9 Å². The fraction of sp³-hybridized carbons (Fsp3) is 0.500. The van der Waals surface area contributed by atoms with Crippen LogP contribution in [0.5, 0.6) is 5.75 Å². The molecule has 0 saturated carbocycles. The highest BCUT2D eigenvalue weighted by Gasteiger charge is 2.21. The molecule has 160 valence electrons. The van der Waals surface area contributed by atoms with Gasteiger partial charge in [-0.25, -0.2) is 0 Å². The van der Waals surface area contributed by atoms with Gasteiger partial charge in [0.1, 0.15) is 5.75 Å². The summed E-state index contributed by atoms with van der Waals surface area (Å²) in [4.78, 5) is 0. The summed E-state index contributed by atoms with van der Waals surface area (Å²) >= 11 is 11.1. The van der Waals surface area contributed by atoms with Gasteiger partial charge in [0.15, 0.2) is 0 Å². The van der Waals surface area contributed by atoms with Gasteiger partial charge in [0, 0.05) is 5.56 Å². The third kappa shape index (κ3) is 10.2. The van der Waals surface area contributed by atoms with E-state index in [4.69, 9.17) is 4.74 Å². The summed E-state index contributed by atoms with van der Waals surface area (Å²) in [6.45, 7) is 3.02. The normalized spacial score (nSPS) is 11.6. The molecule has 29 heavy (non-hydrogen) atoms. The molecule has 0 atom stereocenters. The van der Waals surface area contributed by atoms with Crippen LogP contribution in [0.4, 0.5) is 0 Å². The average Bonchev–Trinajstić information content (AvgIpc) is 2.71. The monoisotopic (exact) mass is 602 g/mol. The molecule has 0 bridgehead atoms. The minimum Gasteiger partial charge on any atom is -0.493 e. The highest BCUT2D eigenvalue weighted by molar-refractivity contribution is 9.72. The first kappa shape index (κ1) is 25.2. The molecule has 1 nitrogen and oxygen atoms in total. The van der Waals surface area contributed by atoms with E-state index < -0.39 is 3.93 Å². The number of aryl methyl sites for hydroxylation is 1. The number of rotatable bonds is 14. The molecule has 0 aliphatic heterocycles. The van der Waals surface area contributed by atoms with Crippen molar-refractivity contribution in [2.45, 2.75) is 70.8 Å². The van der Waals surface area contributed by atoms with E-state index in [-0.39, 0.29) is 0 Å². The largest absolute Gasteiger partial charge is 0.493 e. The lowest BCUT2D eigenvalue weighted by atomic mass is 9.98. The number of para-hydroxylation sites is 1. The second-order valence-electron chi connectivity index (χ2n) is 7.60. The van der Waals surface area contributed by atoms with Gasteiger partial charge in [0.05, 0.1) is 6.61 Å². The molecule has 0 spiro atoms. The summed E-state index contributed by atoms with van der Waals surface area (Å²) in [5.41, 5.74) is 3.79.